The zero-order valence-electron chi connectivity index (χ0n) is 20.5. The number of carbonyl (C=O) groups is 1. The lowest BCUT2D eigenvalue weighted by Gasteiger charge is -2.20. The lowest BCUT2D eigenvalue weighted by molar-refractivity contribution is -0.106. The van der Waals surface area contributed by atoms with Gasteiger partial charge in [-0.25, -0.2) is 17.8 Å². The number of nitrogens with zero attached hydrogens (tertiary/aromatic N) is 3. The molecule has 0 saturated carbocycles. The highest BCUT2D eigenvalue weighted by atomic mass is 32.2. The molecular formula is C24H21F4N7O4S. The number of sulfonamides is 1. The van der Waals surface area contributed by atoms with Gasteiger partial charge in [0.05, 0.1) is 17.6 Å². The Morgan fingerprint density at radius 2 is 1.88 bits per heavy atom. The van der Waals surface area contributed by atoms with Crippen molar-refractivity contribution in [2.75, 3.05) is 15.8 Å². The van der Waals surface area contributed by atoms with Crippen molar-refractivity contribution in [2.24, 2.45) is 5.73 Å². The minimum atomic E-state index is -4.99. The zero-order chi connectivity index (χ0) is 29.1. The third-order valence-corrected chi connectivity index (χ3v) is 6.59. The first kappa shape index (κ1) is 28.3. The number of rotatable bonds is 10. The standard InChI is InChI=1S/C24H21F4N7O4S/c1-13(14-2-5-16(25)6-3-14)39-18-10-15(4-7-17(18)35-40(37,38)12-24(26,27)28)21-20(22(29)36)23(34-33-21)32-19-11-30-8-9-31-19/h2-11,13,35H,12H2,1H3,(H2,29,36)(H2,31,32,33,34). The summed E-state index contributed by atoms with van der Waals surface area (Å²) in [5.41, 5.74) is 6.02. The quantitative estimate of drug-likeness (QED) is 0.202. The molecule has 0 radical (unpaired) electrons. The van der Waals surface area contributed by atoms with Crippen LogP contribution in [-0.4, -0.2) is 46.4 Å². The Morgan fingerprint density at radius 1 is 1.15 bits per heavy atom. The molecule has 40 heavy (non-hydrogen) atoms. The maximum Gasteiger partial charge on any atom is 0.404 e. The van der Waals surface area contributed by atoms with Crippen molar-refractivity contribution in [3.05, 3.63) is 78.0 Å². The molecule has 4 rings (SSSR count). The molecule has 2 aromatic heterocycles. The van der Waals surface area contributed by atoms with Gasteiger partial charge in [-0.1, -0.05) is 18.2 Å². The molecule has 0 aliphatic carbocycles. The normalized spacial score (nSPS) is 12.5. The number of carbonyl (C=O) groups excluding carboxylic acids is 1. The molecule has 0 fully saturated rings. The fourth-order valence-electron chi connectivity index (χ4n) is 3.64. The summed E-state index contributed by atoms with van der Waals surface area (Å²) in [5, 5.41) is 9.53. The minimum Gasteiger partial charge on any atom is -0.484 e. The number of aromatic amines is 1. The van der Waals surface area contributed by atoms with Crippen LogP contribution in [0.4, 0.5) is 34.9 Å². The van der Waals surface area contributed by atoms with Gasteiger partial charge in [0.15, 0.2) is 11.6 Å². The predicted octanol–water partition coefficient (Wildman–Crippen LogP) is 4.29. The van der Waals surface area contributed by atoms with Crippen molar-refractivity contribution in [2.45, 2.75) is 19.2 Å². The molecule has 5 N–H and O–H groups in total. The van der Waals surface area contributed by atoms with Gasteiger partial charge in [-0.3, -0.25) is 19.6 Å². The minimum absolute atomic E-state index is 0.0140. The number of alkyl halides is 3. The van der Waals surface area contributed by atoms with Crippen molar-refractivity contribution < 1.29 is 35.5 Å². The number of aromatic nitrogens is 4. The van der Waals surface area contributed by atoms with Crippen molar-refractivity contribution in [1.82, 2.24) is 20.2 Å². The fourth-order valence-corrected chi connectivity index (χ4v) is 4.64. The van der Waals surface area contributed by atoms with E-state index in [9.17, 15) is 30.8 Å². The van der Waals surface area contributed by atoms with E-state index in [-0.39, 0.29) is 39.9 Å². The smallest absolute Gasteiger partial charge is 0.404 e. The Hall–Kier alpha value is -4.73. The molecule has 16 heteroatoms. The Balaban J connectivity index is 1.75. The molecule has 1 amide bonds. The molecule has 0 aliphatic heterocycles. The highest BCUT2D eigenvalue weighted by Gasteiger charge is 2.35. The SMILES string of the molecule is CC(Oc1cc(-c2[nH]nc(Nc3cnccn3)c2C(N)=O)ccc1NS(=O)(=O)CC(F)(F)F)c1ccc(F)cc1. The number of halogens is 4. The summed E-state index contributed by atoms with van der Waals surface area (Å²) in [5.74, 6) is -3.42. The second kappa shape index (κ2) is 11.2. The fraction of sp³-hybridized carbons (Fsp3) is 0.167. The summed E-state index contributed by atoms with van der Waals surface area (Å²) in [6.45, 7) is 1.57. The van der Waals surface area contributed by atoms with Gasteiger partial charge in [-0.15, -0.1) is 0 Å². The van der Waals surface area contributed by atoms with E-state index in [0.717, 1.165) is 6.07 Å². The molecule has 1 atom stereocenters. The van der Waals surface area contributed by atoms with Crippen LogP contribution in [0.2, 0.25) is 0 Å². The summed E-state index contributed by atoms with van der Waals surface area (Å²) in [4.78, 5) is 20.3. The number of ether oxygens (including phenoxy) is 1. The van der Waals surface area contributed by atoms with Crippen LogP contribution in [0.5, 0.6) is 5.75 Å². The average molecular weight is 580 g/mol. The lowest BCUT2D eigenvalue weighted by atomic mass is 10.1. The van der Waals surface area contributed by atoms with Crippen LogP contribution in [0, 0.1) is 5.82 Å². The van der Waals surface area contributed by atoms with Gasteiger partial charge in [0.2, 0.25) is 10.0 Å². The molecule has 4 aromatic rings. The molecule has 0 aliphatic rings. The van der Waals surface area contributed by atoms with Crippen molar-refractivity contribution >= 4 is 33.3 Å². The van der Waals surface area contributed by atoms with Gasteiger partial charge in [0, 0.05) is 18.0 Å². The van der Waals surface area contributed by atoms with Crippen molar-refractivity contribution in [3.8, 4) is 17.0 Å². The third kappa shape index (κ3) is 7.02. The first-order valence-electron chi connectivity index (χ1n) is 11.4. The van der Waals surface area contributed by atoms with Crippen molar-refractivity contribution in [3.63, 3.8) is 0 Å². The second-order valence-corrected chi connectivity index (χ2v) is 10.1. The highest BCUT2D eigenvalue weighted by molar-refractivity contribution is 7.92. The number of amides is 1. The van der Waals surface area contributed by atoms with E-state index in [1.54, 1.807) is 6.92 Å². The van der Waals surface area contributed by atoms with E-state index in [1.165, 1.54) is 55.0 Å². The summed E-state index contributed by atoms with van der Waals surface area (Å²) in [7, 11) is -4.87. The molecule has 0 saturated heterocycles. The molecule has 2 heterocycles. The number of H-pyrrole nitrogens is 1. The van der Waals surface area contributed by atoms with E-state index in [1.807, 2.05) is 4.72 Å². The molecule has 0 spiro atoms. The molecule has 1 unspecified atom stereocenters. The number of hydrogen-bond acceptors (Lipinski definition) is 8. The topological polar surface area (TPSA) is 165 Å². The van der Waals surface area contributed by atoms with E-state index in [4.69, 9.17) is 10.5 Å². The molecule has 0 bridgehead atoms. The van der Waals surface area contributed by atoms with Crippen LogP contribution >= 0.6 is 0 Å². The number of primary amides is 1. The Kier molecular flexibility index (Phi) is 7.90. The van der Waals surface area contributed by atoms with Gasteiger partial charge in [0.25, 0.3) is 5.91 Å². The maximum atomic E-state index is 13.4. The van der Waals surface area contributed by atoms with Crippen molar-refractivity contribution in [1.29, 1.82) is 0 Å². The first-order chi connectivity index (χ1) is 18.8. The zero-order valence-corrected chi connectivity index (χ0v) is 21.3. The number of nitrogens with one attached hydrogen (secondary N) is 3. The maximum absolute atomic E-state index is 13.4. The number of hydrogen-bond donors (Lipinski definition) is 4. The third-order valence-electron chi connectivity index (χ3n) is 5.35. The van der Waals surface area contributed by atoms with E-state index in [0.29, 0.717) is 5.56 Å². The summed E-state index contributed by atoms with van der Waals surface area (Å²) in [6.07, 6.45) is -1.57. The Bertz CT molecular complexity index is 1610. The monoisotopic (exact) mass is 579 g/mol. The van der Waals surface area contributed by atoms with Crippen LogP contribution in [0.3, 0.4) is 0 Å². The van der Waals surface area contributed by atoms with Crippen LogP contribution in [0.15, 0.2) is 61.1 Å². The van der Waals surface area contributed by atoms with Crippen LogP contribution in [0.1, 0.15) is 28.9 Å². The van der Waals surface area contributed by atoms with E-state index >= 15 is 0 Å². The molecule has 210 valence electrons. The lowest BCUT2D eigenvalue weighted by Crippen LogP contribution is -2.28. The number of benzene rings is 2. The van der Waals surface area contributed by atoms with E-state index < -0.39 is 39.8 Å². The Labute approximate surface area is 224 Å². The second-order valence-electron chi connectivity index (χ2n) is 8.40. The van der Waals surface area contributed by atoms with Gasteiger partial charge in [0.1, 0.15) is 29.1 Å². The highest BCUT2D eigenvalue weighted by Crippen LogP contribution is 2.37. The summed E-state index contributed by atoms with van der Waals surface area (Å²) in [6, 6.07) is 9.02. The van der Waals surface area contributed by atoms with Gasteiger partial charge < -0.3 is 15.8 Å². The van der Waals surface area contributed by atoms with Crippen LogP contribution < -0.4 is 20.5 Å². The molecular weight excluding hydrogens is 558 g/mol. The summed E-state index contributed by atoms with van der Waals surface area (Å²) < 4.78 is 84.1. The average Bonchev–Trinajstić information content (AvgIpc) is 3.28. The van der Waals surface area contributed by atoms with Gasteiger partial charge in [-0.05, 0) is 36.8 Å². The Morgan fingerprint density at radius 3 is 2.50 bits per heavy atom. The number of nitrogens with two attached hydrogens (primary N) is 1. The molecule has 2 aromatic carbocycles. The largest absolute Gasteiger partial charge is 0.484 e. The van der Waals surface area contributed by atoms with Gasteiger partial charge >= 0.3 is 6.18 Å². The number of anilines is 3. The van der Waals surface area contributed by atoms with Gasteiger partial charge in [-0.2, -0.15) is 18.3 Å². The van der Waals surface area contributed by atoms with E-state index in [2.05, 4.69) is 25.5 Å². The van der Waals surface area contributed by atoms with Crippen LogP contribution in [0.25, 0.3) is 11.3 Å². The molecule has 11 nitrogen and oxygen atoms in total. The predicted molar refractivity (Wildman–Crippen MR) is 137 cm³/mol. The van der Waals surface area contributed by atoms with Crippen LogP contribution in [-0.2, 0) is 10.0 Å². The first-order valence-corrected chi connectivity index (χ1v) is 13.0. The summed E-state index contributed by atoms with van der Waals surface area (Å²) >= 11 is 0.